The van der Waals surface area contributed by atoms with Gasteiger partial charge in [0.1, 0.15) is 0 Å². The van der Waals surface area contributed by atoms with Gasteiger partial charge in [-0.2, -0.15) is 0 Å². The number of nitrogen functional groups attached to an aromatic ring is 1. The van der Waals surface area contributed by atoms with Crippen LogP contribution in [0.2, 0.25) is 0 Å². The van der Waals surface area contributed by atoms with Crippen LogP contribution in [-0.4, -0.2) is 17.1 Å². The molecule has 1 aromatic rings. The standard InChI is InChI=1S/C12H19N3/c1-3-10-5-4-9(2)15(10)12-6-7-14-8-11(12)13/h6-10H,3-5,13H2,1-2H3. The molecule has 2 unspecified atom stereocenters. The minimum absolute atomic E-state index is 0.597. The smallest absolute Gasteiger partial charge is 0.0738 e. The molecule has 3 heteroatoms. The molecule has 1 aliphatic heterocycles. The van der Waals surface area contributed by atoms with Gasteiger partial charge in [-0.25, -0.2) is 0 Å². The third-order valence-electron chi connectivity index (χ3n) is 3.36. The maximum absolute atomic E-state index is 5.98. The Morgan fingerprint density at radius 3 is 3.00 bits per heavy atom. The average molecular weight is 205 g/mol. The van der Waals surface area contributed by atoms with Gasteiger partial charge in [-0.15, -0.1) is 0 Å². The number of pyridine rings is 1. The van der Waals surface area contributed by atoms with Crippen molar-refractivity contribution in [2.24, 2.45) is 0 Å². The molecule has 2 rings (SSSR count). The summed E-state index contributed by atoms with van der Waals surface area (Å²) in [6, 6.07) is 3.27. The monoisotopic (exact) mass is 205 g/mol. The predicted molar refractivity (Wildman–Crippen MR) is 63.9 cm³/mol. The van der Waals surface area contributed by atoms with Crippen LogP contribution in [0.3, 0.4) is 0 Å². The predicted octanol–water partition coefficient (Wildman–Crippen LogP) is 2.43. The second-order valence-electron chi connectivity index (χ2n) is 4.33. The zero-order valence-corrected chi connectivity index (χ0v) is 9.48. The lowest BCUT2D eigenvalue weighted by molar-refractivity contribution is 0.628. The Hall–Kier alpha value is -1.25. The minimum Gasteiger partial charge on any atom is -0.396 e. The van der Waals surface area contributed by atoms with Gasteiger partial charge in [-0.3, -0.25) is 4.98 Å². The van der Waals surface area contributed by atoms with E-state index in [-0.39, 0.29) is 0 Å². The van der Waals surface area contributed by atoms with E-state index in [4.69, 9.17) is 5.73 Å². The Labute approximate surface area is 91.3 Å². The molecule has 0 radical (unpaired) electrons. The third-order valence-corrected chi connectivity index (χ3v) is 3.36. The van der Waals surface area contributed by atoms with E-state index in [2.05, 4.69) is 23.7 Å². The molecule has 1 aliphatic rings. The summed E-state index contributed by atoms with van der Waals surface area (Å²) in [5.74, 6) is 0. The Balaban J connectivity index is 2.32. The van der Waals surface area contributed by atoms with Crippen molar-refractivity contribution in [3.8, 4) is 0 Å². The minimum atomic E-state index is 0.597. The van der Waals surface area contributed by atoms with Crippen LogP contribution in [0, 0.1) is 0 Å². The molecule has 15 heavy (non-hydrogen) atoms. The average Bonchev–Trinajstić information content (AvgIpc) is 2.60. The summed E-state index contributed by atoms with van der Waals surface area (Å²) in [7, 11) is 0. The quantitative estimate of drug-likeness (QED) is 0.806. The third kappa shape index (κ3) is 1.78. The van der Waals surface area contributed by atoms with E-state index in [0.717, 1.165) is 11.4 Å². The lowest BCUT2D eigenvalue weighted by Gasteiger charge is -2.31. The van der Waals surface area contributed by atoms with Gasteiger partial charge >= 0.3 is 0 Å². The second-order valence-corrected chi connectivity index (χ2v) is 4.33. The first-order chi connectivity index (χ1) is 7.24. The number of aromatic nitrogens is 1. The molecule has 3 nitrogen and oxygen atoms in total. The van der Waals surface area contributed by atoms with E-state index in [0.29, 0.717) is 12.1 Å². The van der Waals surface area contributed by atoms with Crippen LogP contribution in [0.25, 0.3) is 0 Å². The highest BCUT2D eigenvalue weighted by Gasteiger charge is 2.30. The first-order valence-corrected chi connectivity index (χ1v) is 5.71. The van der Waals surface area contributed by atoms with E-state index < -0.39 is 0 Å². The molecule has 0 aliphatic carbocycles. The molecule has 82 valence electrons. The molecule has 0 amide bonds. The molecule has 1 saturated heterocycles. The van der Waals surface area contributed by atoms with Crippen molar-refractivity contribution in [3.05, 3.63) is 18.5 Å². The summed E-state index contributed by atoms with van der Waals surface area (Å²) in [5, 5.41) is 0. The van der Waals surface area contributed by atoms with Crippen LogP contribution in [-0.2, 0) is 0 Å². The number of rotatable bonds is 2. The molecule has 2 N–H and O–H groups in total. The fourth-order valence-corrected chi connectivity index (χ4v) is 2.54. The topological polar surface area (TPSA) is 42.2 Å². The highest BCUT2D eigenvalue weighted by Crippen LogP contribution is 2.34. The molecule has 0 saturated carbocycles. The number of nitrogens with two attached hydrogens (primary N) is 1. The normalized spacial score (nSPS) is 25.9. The van der Waals surface area contributed by atoms with Gasteiger partial charge in [-0.05, 0) is 32.3 Å². The molecule has 0 bridgehead atoms. The van der Waals surface area contributed by atoms with Crippen molar-refractivity contribution < 1.29 is 0 Å². The van der Waals surface area contributed by atoms with E-state index in [9.17, 15) is 0 Å². The summed E-state index contributed by atoms with van der Waals surface area (Å²) in [6.07, 6.45) is 7.29. The fraction of sp³-hybridized carbons (Fsp3) is 0.583. The largest absolute Gasteiger partial charge is 0.396 e. The lowest BCUT2D eigenvalue weighted by atomic mass is 10.1. The summed E-state index contributed by atoms with van der Waals surface area (Å²) in [6.45, 7) is 4.52. The van der Waals surface area contributed by atoms with E-state index in [1.165, 1.54) is 19.3 Å². The van der Waals surface area contributed by atoms with Crippen LogP contribution in [0.4, 0.5) is 11.4 Å². The van der Waals surface area contributed by atoms with Crippen LogP contribution < -0.4 is 10.6 Å². The van der Waals surface area contributed by atoms with E-state index >= 15 is 0 Å². The van der Waals surface area contributed by atoms with Gasteiger partial charge in [0.2, 0.25) is 0 Å². The van der Waals surface area contributed by atoms with Crippen molar-refractivity contribution >= 4 is 11.4 Å². The maximum Gasteiger partial charge on any atom is 0.0738 e. The lowest BCUT2D eigenvalue weighted by Crippen LogP contribution is -2.34. The number of nitrogens with zero attached hydrogens (tertiary/aromatic N) is 2. The number of hydrogen-bond acceptors (Lipinski definition) is 3. The molecule has 0 aromatic carbocycles. The molecule has 2 heterocycles. The summed E-state index contributed by atoms with van der Waals surface area (Å²) >= 11 is 0. The maximum atomic E-state index is 5.98. The van der Waals surface area contributed by atoms with Crippen LogP contribution >= 0.6 is 0 Å². The van der Waals surface area contributed by atoms with Crippen LogP contribution in [0.15, 0.2) is 18.5 Å². The highest BCUT2D eigenvalue weighted by atomic mass is 15.2. The van der Waals surface area contributed by atoms with E-state index in [1.807, 2.05) is 12.3 Å². The summed E-state index contributed by atoms with van der Waals surface area (Å²) in [4.78, 5) is 6.50. The number of anilines is 2. The molecule has 1 fully saturated rings. The van der Waals surface area contributed by atoms with Crippen molar-refractivity contribution in [2.45, 2.75) is 45.2 Å². The highest BCUT2D eigenvalue weighted by molar-refractivity contribution is 5.67. The molecule has 1 aromatic heterocycles. The van der Waals surface area contributed by atoms with E-state index in [1.54, 1.807) is 6.20 Å². The molecular formula is C12H19N3. The van der Waals surface area contributed by atoms with Crippen LogP contribution in [0.5, 0.6) is 0 Å². The summed E-state index contributed by atoms with van der Waals surface area (Å²) in [5.41, 5.74) is 7.93. The van der Waals surface area contributed by atoms with Crippen LogP contribution in [0.1, 0.15) is 33.1 Å². The Morgan fingerprint density at radius 2 is 2.33 bits per heavy atom. The molecule has 2 atom stereocenters. The van der Waals surface area contributed by atoms with Gasteiger partial charge < -0.3 is 10.6 Å². The Kier molecular flexibility index (Phi) is 2.80. The van der Waals surface area contributed by atoms with Gasteiger partial charge in [0.15, 0.2) is 0 Å². The van der Waals surface area contributed by atoms with Crippen molar-refractivity contribution in [2.75, 3.05) is 10.6 Å². The number of hydrogen-bond donors (Lipinski definition) is 1. The van der Waals surface area contributed by atoms with Crippen molar-refractivity contribution in [1.82, 2.24) is 4.98 Å². The molecular weight excluding hydrogens is 186 g/mol. The van der Waals surface area contributed by atoms with Gasteiger partial charge in [0, 0.05) is 18.3 Å². The van der Waals surface area contributed by atoms with Gasteiger partial charge in [0.05, 0.1) is 17.6 Å². The molecule has 0 spiro atoms. The summed E-state index contributed by atoms with van der Waals surface area (Å²) < 4.78 is 0. The first kappa shape index (κ1) is 10.3. The Bertz CT molecular complexity index is 337. The van der Waals surface area contributed by atoms with Crippen molar-refractivity contribution in [3.63, 3.8) is 0 Å². The first-order valence-electron chi connectivity index (χ1n) is 5.71. The zero-order chi connectivity index (χ0) is 10.8. The zero-order valence-electron chi connectivity index (χ0n) is 9.48. The van der Waals surface area contributed by atoms with Crippen molar-refractivity contribution in [1.29, 1.82) is 0 Å². The van der Waals surface area contributed by atoms with Gasteiger partial charge in [0.25, 0.3) is 0 Å². The Morgan fingerprint density at radius 1 is 1.53 bits per heavy atom. The second kappa shape index (κ2) is 4.09. The van der Waals surface area contributed by atoms with Gasteiger partial charge in [-0.1, -0.05) is 6.92 Å². The fourth-order valence-electron chi connectivity index (χ4n) is 2.54. The SMILES string of the molecule is CCC1CCC(C)N1c1ccncc1N.